The Morgan fingerprint density at radius 2 is 1.72 bits per heavy atom. The van der Waals surface area contributed by atoms with E-state index in [9.17, 15) is 4.79 Å². The summed E-state index contributed by atoms with van der Waals surface area (Å²) in [6.45, 7) is 10.4. The van der Waals surface area contributed by atoms with Crippen LogP contribution < -0.4 is 9.64 Å². The van der Waals surface area contributed by atoms with Gasteiger partial charge in [0.05, 0.1) is 6.61 Å². The van der Waals surface area contributed by atoms with Crippen molar-refractivity contribution in [1.82, 2.24) is 9.97 Å². The monoisotopic (exact) mass is 397 g/mol. The molecule has 0 N–H and O–H groups in total. The number of nitrogens with zero attached hydrogens (tertiary/aromatic N) is 3. The number of carbonyl (C=O) groups excluding carboxylic acids is 1. The van der Waals surface area contributed by atoms with Crippen LogP contribution in [0.25, 0.3) is 0 Å². The van der Waals surface area contributed by atoms with Crippen LogP contribution in [0.4, 0.5) is 5.95 Å². The van der Waals surface area contributed by atoms with Gasteiger partial charge in [-0.25, -0.2) is 9.97 Å². The van der Waals surface area contributed by atoms with E-state index in [-0.39, 0.29) is 5.78 Å². The van der Waals surface area contributed by atoms with Crippen LogP contribution >= 0.6 is 0 Å². The molecule has 1 aromatic carbocycles. The lowest BCUT2D eigenvalue weighted by Gasteiger charge is -2.32. The average Bonchev–Trinajstić information content (AvgIpc) is 2.74. The molecule has 3 rings (SSSR count). The Morgan fingerprint density at radius 1 is 1.10 bits per heavy atom. The summed E-state index contributed by atoms with van der Waals surface area (Å²) in [5.41, 5.74) is 2.14. The van der Waals surface area contributed by atoms with Gasteiger partial charge in [0.15, 0.2) is 0 Å². The van der Waals surface area contributed by atoms with Gasteiger partial charge in [-0.3, -0.25) is 4.79 Å². The third kappa shape index (κ3) is 7.84. The first-order chi connectivity index (χ1) is 14.1. The van der Waals surface area contributed by atoms with E-state index in [1.165, 1.54) is 19.3 Å². The molecule has 29 heavy (non-hydrogen) atoms. The molecule has 2 aromatic rings. The highest BCUT2D eigenvalue weighted by molar-refractivity contribution is 5.78. The summed E-state index contributed by atoms with van der Waals surface area (Å²) in [5.74, 6) is 2.68. The molecular weight excluding hydrogens is 362 g/mol. The fourth-order valence-electron chi connectivity index (χ4n) is 3.52. The highest BCUT2D eigenvalue weighted by Crippen LogP contribution is 2.24. The van der Waals surface area contributed by atoms with Gasteiger partial charge in [-0.1, -0.05) is 26.0 Å². The second-order valence-corrected chi connectivity index (χ2v) is 7.50. The maximum atomic E-state index is 11.1. The molecule has 158 valence electrons. The maximum absolute atomic E-state index is 11.1. The maximum Gasteiger partial charge on any atom is 0.225 e. The topological polar surface area (TPSA) is 55.3 Å². The van der Waals surface area contributed by atoms with E-state index in [1.54, 1.807) is 6.92 Å². The van der Waals surface area contributed by atoms with Gasteiger partial charge in [-0.15, -0.1) is 0 Å². The number of ether oxygens (including phenoxy) is 1. The van der Waals surface area contributed by atoms with Gasteiger partial charge in [-0.2, -0.15) is 0 Å². The zero-order chi connectivity index (χ0) is 21.1. The Balaban J connectivity index is 0.00000145. The number of Topliss-reactive ketones (excluding diaryl/α,β-unsaturated/α-hetero) is 1. The Bertz CT molecular complexity index is 721. The molecule has 0 atom stereocenters. The smallest absolute Gasteiger partial charge is 0.225 e. The summed E-state index contributed by atoms with van der Waals surface area (Å²) >= 11 is 0. The van der Waals surface area contributed by atoms with Crippen molar-refractivity contribution < 1.29 is 9.53 Å². The molecule has 0 radical (unpaired) electrons. The molecule has 0 amide bonds. The van der Waals surface area contributed by atoms with E-state index in [4.69, 9.17) is 4.74 Å². The SMILES string of the molecule is CC.CC(=O)Cc1ccc(OCCCC2CCN(c3ncc(C)cn3)CC2)cc1. The van der Waals surface area contributed by atoms with E-state index < -0.39 is 0 Å². The van der Waals surface area contributed by atoms with Crippen molar-refractivity contribution in [3.63, 3.8) is 0 Å². The minimum atomic E-state index is 0.184. The molecule has 5 nitrogen and oxygen atoms in total. The Morgan fingerprint density at radius 3 is 2.31 bits per heavy atom. The van der Waals surface area contributed by atoms with Crippen LogP contribution in [0, 0.1) is 12.8 Å². The number of hydrogen-bond acceptors (Lipinski definition) is 5. The van der Waals surface area contributed by atoms with Gasteiger partial charge < -0.3 is 9.64 Å². The number of rotatable bonds is 8. The van der Waals surface area contributed by atoms with Crippen LogP contribution in [-0.4, -0.2) is 35.4 Å². The molecule has 2 heterocycles. The van der Waals surface area contributed by atoms with E-state index in [0.29, 0.717) is 6.42 Å². The van der Waals surface area contributed by atoms with Crippen molar-refractivity contribution in [2.45, 2.75) is 59.8 Å². The number of hydrogen-bond donors (Lipinski definition) is 0. The van der Waals surface area contributed by atoms with Crippen molar-refractivity contribution in [2.24, 2.45) is 5.92 Å². The highest BCUT2D eigenvalue weighted by Gasteiger charge is 2.20. The zero-order valence-corrected chi connectivity index (χ0v) is 18.4. The fourth-order valence-corrected chi connectivity index (χ4v) is 3.52. The number of anilines is 1. The van der Waals surface area contributed by atoms with E-state index in [1.807, 2.05) is 57.4 Å². The number of carbonyl (C=O) groups is 1. The van der Waals surface area contributed by atoms with Crippen molar-refractivity contribution in [2.75, 3.05) is 24.6 Å². The minimum Gasteiger partial charge on any atom is -0.494 e. The largest absolute Gasteiger partial charge is 0.494 e. The molecule has 0 aliphatic carbocycles. The van der Waals surface area contributed by atoms with Crippen LogP contribution in [0.3, 0.4) is 0 Å². The fraction of sp³-hybridized carbons (Fsp3) is 0.542. The molecule has 0 bridgehead atoms. The van der Waals surface area contributed by atoms with E-state index in [0.717, 1.165) is 54.9 Å². The molecule has 1 aliphatic rings. The molecule has 1 saturated heterocycles. The first kappa shape index (κ1) is 22.9. The Kier molecular flexibility index (Phi) is 9.62. The molecule has 1 fully saturated rings. The van der Waals surface area contributed by atoms with E-state index in [2.05, 4.69) is 14.9 Å². The van der Waals surface area contributed by atoms with Gasteiger partial charge >= 0.3 is 0 Å². The summed E-state index contributed by atoms with van der Waals surface area (Å²) < 4.78 is 5.84. The van der Waals surface area contributed by atoms with Crippen molar-refractivity contribution in [3.05, 3.63) is 47.8 Å². The zero-order valence-electron chi connectivity index (χ0n) is 18.4. The number of piperidine rings is 1. The second-order valence-electron chi connectivity index (χ2n) is 7.50. The third-order valence-electron chi connectivity index (χ3n) is 5.07. The average molecular weight is 398 g/mol. The van der Waals surface area contributed by atoms with Crippen LogP contribution in [0.1, 0.15) is 57.6 Å². The minimum absolute atomic E-state index is 0.184. The Hall–Kier alpha value is -2.43. The molecule has 5 heteroatoms. The molecule has 1 aliphatic heterocycles. The molecule has 0 unspecified atom stereocenters. The molecule has 1 aromatic heterocycles. The highest BCUT2D eigenvalue weighted by atomic mass is 16.5. The lowest BCUT2D eigenvalue weighted by molar-refractivity contribution is -0.116. The number of ketones is 1. The van der Waals surface area contributed by atoms with Crippen LogP contribution in [0.5, 0.6) is 5.75 Å². The predicted octanol–water partition coefficient (Wildman–Crippen LogP) is 5.02. The standard InChI is InChI=1S/C22H29N3O2.C2H6/c1-17-15-23-22(24-16-17)25-11-9-19(10-12-25)4-3-13-27-21-7-5-20(6-8-21)14-18(2)26;1-2/h5-8,15-16,19H,3-4,9-14H2,1-2H3;1-2H3. The Labute approximate surface area is 175 Å². The number of benzene rings is 1. The van der Waals surface area contributed by atoms with Crippen LogP contribution in [0.2, 0.25) is 0 Å². The second kappa shape index (κ2) is 12.2. The van der Waals surface area contributed by atoms with Gasteiger partial charge in [0.1, 0.15) is 11.5 Å². The number of aryl methyl sites for hydroxylation is 1. The molecule has 0 spiro atoms. The summed E-state index contributed by atoms with van der Waals surface area (Å²) in [6.07, 6.45) is 8.92. The van der Waals surface area contributed by atoms with Crippen molar-refractivity contribution in [3.8, 4) is 5.75 Å². The van der Waals surface area contributed by atoms with Crippen molar-refractivity contribution in [1.29, 1.82) is 0 Å². The first-order valence-electron chi connectivity index (χ1n) is 10.8. The van der Waals surface area contributed by atoms with Crippen LogP contribution in [-0.2, 0) is 11.2 Å². The summed E-state index contributed by atoms with van der Waals surface area (Å²) in [5, 5.41) is 0. The number of aromatic nitrogens is 2. The third-order valence-corrected chi connectivity index (χ3v) is 5.07. The van der Waals surface area contributed by atoms with Crippen molar-refractivity contribution >= 4 is 11.7 Å². The quantitative estimate of drug-likeness (QED) is 0.586. The summed E-state index contributed by atoms with van der Waals surface area (Å²) in [7, 11) is 0. The first-order valence-corrected chi connectivity index (χ1v) is 10.8. The molecule has 0 saturated carbocycles. The van der Waals surface area contributed by atoms with Gasteiger partial charge in [-0.05, 0) is 68.7 Å². The summed E-state index contributed by atoms with van der Waals surface area (Å²) in [4.78, 5) is 22.3. The van der Waals surface area contributed by atoms with Crippen LogP contribution in [0.15, 0.2) is 36.7 Å². The van der Waals surface area contributed by atoms with Gasteiger partial charge in [0.2, 0.25) is 5.95 Å². The summed E-state index contributed by atoms with van der Waals surface area (Å²) in [6, 6.07) is 7.86. The van der Waals surface area contributed by atoms with Gasteiger partial charge in [0.25, 0.3) is 0 Å². The molecular formula is C24H35N3O2. The van der Waals surface area contributed by atoms with Gasteiger partial charge in [0, 0.05) is 31.9 Å². The lowest BCUT2D eigenvalue weighted by atomic mass is 9.92. The lowest BCUT2D eigenvalue weighted by Crippen LogP contribution is -2.34. The normalized spacial score (nSPS) is 14.1. The van der Waals surface area contributed by atoms with E-state index >= 15 is 0 Å². The predicted molar refractivity (Wildman–Crippen MR) is 119 cm³/mol.